The van der Waals surface area contributed by atoms with Crippen molar-refractivity contribution in [2.75, 3.05) is 0 Å². The van der Waals surface area contributed by atoms with Crippen molar-refractivity contribution in [3.05, 3.63) is 53.6 Å². The van der Waals surface area contributed by atoms with E-state index in [-0.39, 0.29) is 0 Å². The fourth-order valence-electron chi connectivity index (χ4n) is 4.48. The summed E-state index contributed by atoms with van der Waals surface area (Å²) in [6, 6.07) is 10.8. The molecular weight excluding hydrogens is 204 g/mol. The summed E-state index contributed by atoms with van der Waals surface area (Å²) in [6.45, 7) is 0. The van der Waals surface area contributed by atoms with Crippen LogP contribution in [0.25, 0.3) is 6.08 Å². The van der Waals surface area contributed by atoms with Gasteiger partial charge in [-0.05, 0) is 31.2 Å². The third kappa shape index (κ3) is 1.09. The molecule has 0 amide bonds. The highest BCUT2D eigenvalue weighted by molar-refractivity contribution is 5.67. The lowest BCUT2D eigenvalue weighted by atomic mass is 9.86. The Morgan fingerprint density at radius 1 is 0.882 bits per heavy atom. The lowest BCUT2D eigenvalue weighted by molar-refractivity contribution is 0.380. The molecule has 17 heavy (non-hydrogen) atoms. The molecule has 2 saturated carbocycles. The monoisotopic (exact) mass is 222 g/mol. The van der Waals surface area contributed by atoms with E-state index in [2.05, 4.69) is 48.6 Å². The molecule has 86 valence electrons. The Kier molecular flexibility index (Phi) is 1.79. The highest BCUT2D eigenvalue weighted by atomic mass is 14.8. The largest absolute Gasteiger partial charge is 0.0876 e. The van der Waals surface area contributed by atoms with Gasteiger partial charge >= 0.3 is 0 Å². The average molecular weight is 222 g/mol. The standard InChI is InChI=1S/C17H18/c1-2-7-14(8-3-1)13-15-16-9-4-5-10-17(15,16)12-6-11-16/h1-5,7-8,13H,6,9-12H2/t16-,17+. The summed E-state index contributed by atoms with van der Waals surface area (Å²) in [5.74, 6) is 0. The fraction of sp³-hybridized carbons (Fsp3) is 0.412. The van der Waals surface area contributed by atoms with Crippen molar-refractivity contribution in [1.82, 2.24) is 0 Å². The molecule has 2 atom stereocenters. The summed E-state index contributed by atoms with van der Waals surface area (Å²) in [6.07, 6.45) is 14.2. The molecule has 0 saturated heterocycles. The zero-order valence-corrected chi connectivity index (χ0v) is 10.2. The van der Waals surface area contributed by atoms with Gasteiger partial charge in [0.05, 0.1) is 0 Å². The number of hydrogen-bond acceptors (Lipinski definition) is 0. The van der Waals surface area contributed by atoms with Crippen molar-refractivity contribution < 1.29 is 0 Å². The first-order chi connectivity index (χ1) is 8.37. The summed E-state index contributed by atoms with van der Waals surface area (Å²) < 4.78 is 0. The van der Waals surface area contributed by atoms with Crippen LogP contribution in [-0.4, -0.2) is 0 Å². The van der Waals surface area contributed by atoms with Gasteiger partial charge in [0.15, 0.2) is 0 Å². The van der Waals surface area contributed by atoms with E-state index < -0.39 is 0 Å². The zero-order valence-electron chi connectivity index (χ0n) is 10.2. The molecule has 0 heteroatoms. The second kappa shape index (κ2) is 3.13. The van der Waals surface area contributed by atoms with Crippen molar-refractivity contribution in [2.45, 2.75) is 32.1 Å². The topological polar surface area (TPSA) is 0 Å². The van der Waals surface area contributed by atoms with Crippen LogP contribution in [-0.2, 0) is 0 Å². The molecule has 1 aromatic carbocycles. The van der Waals surface area contributed by atoms with Gasteiger partial charge in [0, 0.05) is 10.8 Å². The molecule has 4 rings (SSSR count). The molecule has 0 heterocycles. The van der Waals surface area contributed by atoms with Gasteiger partial charge in [-0.25, -0.2) is 0 Å². The first kappa shape index (κ1) is 9.70. The Morgan fingerprint density at radius 3 is 2.18 bits per heavy atom. The number of hydrogen-bond donors (Lipinski definition) is 0. The van der Waals surface area contributed by atoms with Gasteiger partial charge in [0.2, 0.25) is 0 Å². The minimum atomic E-state index is 0.581. The van der Waals surface area contributed by atoms with Gasteiger partial charge < -0.3 is 0 Å². The Morgan fingerprint density at radius 2 is 1.53 bits per heavy atom. The second-order valence-corrected chi connectivity index (χ2v) is 5.87. The maximum absolute atomic E-state index is 2.48. The Labute approximate surface area is 103 Å². The molecule has 0 spiro atoms. The number of benzene rings is 1. The van der Waals surface area contributed by atoms with Crippen molar-refractivity contribution in [3.8, 4) is 0 Å². The van der Waals surface area contributed by atoms with Crippen LogP contribution in [0.5, 0.6) is 0 Å². The predicted molar refractivity (Wildman–Crippen MR) is 71.5 cm³/mol. The molecule has 2 fully saturated rings. The maximum Gasteiger partial charge on any atom is 0.00525 e. The lowest BCUT2D eigenvalue weighted by Gasteiger charge is -2.17. The van der Waals surface area contributed by atoms with E-state index in [1.54, 1.807) is 5.57 Å². The highest BCUT2D eigenvalue weighted by Gasteiger charge is 2.72. The zero-order chi connectivity index (χ0) is 11.3. The average Bonchev–Trinajstić information content (AvgIpc) is 2.75. The van der Waals surface area contributed by atoms with E-state index in [1.807, 2.05) is 0 Å². The van der Waals surface area contributed by atoms with Crippen LogP contribution in [0.2, 0.25) is 0 Å². The van der Waals surface area contributed by atoms with Crippen molar-refractivity contribution in [2.24, 2.45) is 10.8 Å². The molecule has 0 unspecified atom stereocenters. The summed E-state index contributed by atoms with van der Waals surface area (Å²) in [5, 5.41) is 0. The van der Waals surface area contributed by atoms with Crippen LogP contribution in [0.3, 0.4) is 0 Å². The molecule has 3 aliphatic carbocycles. The van der Waals surface area contributed by atoms with Crippen LogP contribution in [0.1, 0.15) is 37.7 Å². The number of allylic oxidation sites excluding steroid dienone is 3. The molecule has 0 bridgehead atoms. The molecular formula is C17H18. The van der Waals surface area contributed by atoms with E-state index in [4.69, 9.17) is 0 Å². The van der Waals surface area contributed by atoms with E-state index in [9.17, 15) is 0 Å². The van der Waals surface area contributed by atoms with Gasteiger partial charge in [-0.3, -0.25) is 0 Å². The van der Waals surface area contributed by atoms with E-state index >= 15 is 0 Å². The van der Waals surface area contributed by atoms with Gasteiger partial charge in [-0.15, -0.1) is 0 Å². The molecule has 0 N–H and O–H groups in total. The van der Waals surface area contributed by atoms with E-state index in [0.717, 1.165) is 0 Å². The van der Waals surface area contributed by atoms with Crippen LogP contribution in [0.15, 0.2) is 48.1 Å². The summed E-state index contributed by atoms with van der Waals surface area (Å²) in [7, 11) is 0. The molecule has 0 radical (unpaired) electrons. The maximum atomic E-state index is 2.48. The van der Waals surface area contributed by atoms with Gasteiger partial charge in [-0.1, -0.05) is 60.6 Å². The first-order valence-corrected chi connectivity index (χ1v) is 6.80. The predicted octanol–water partition coefficient (Wildman–Crippen LogP) is 4.59. The first-order valence-electron chi connectivity index (χ1n) is 6.80. The van der Waals surface area contributed by atoms with Crippen LogP contribution in [0.4, 0.5) is 0 Å². The van der Waals surface area contributed by atoms with Crippen molar-refractivity contribution in [1.29, 1.82) is 0 Å². The smallest absolute Gasteiger partial charge is 0.00525 e. The third-order valence-electron chi connectivity index (χ3n) is 5.30. The Hall–Kier alpha value is -1.30. The SMILES string of the molecule is C1=CC[C@]23CCC[C@@]2(C1)C3=Cc1ccccc1. The molecule has 0 aliphatic heterocycles. The quantitative estimate of drug-likeness (QED) is 0.610. The molecule has 0 nitrogen and oxygen atoms in total. The third-order valence-corrected chi connectivity index (χ3v) is 5.30. The summed E-state index contributed by atoms with van der Waals surface area (Å²) >= 11 is 0. The molecule has 3 aliphatic rings. The molecule has 1 aromatic rings. The van der Waals surface area contributed by atoms with Gasteiger partial charge in [0.25, 0.3) is 0 Å². The highest BCUT2D eigenvalue weighted by Crippen LogP contribution is 2.82. The fourth-order valence-corrected chi connectivity index (χ4v) is 4.48. The molecule has 0 aromatic heterocycles. The van der Waals surface area contributed by atoms with Crippen LogP contribution in [0, 0.1) is 10.8 Å². The van der Waals surface area contributed by atoms with Crippen molar-refractivity contribution >= 4 is 6.08 Å². The summed E-state index contributed by atoms with van der Waals surface area (Å²) in [5.41, 5.74) is 4.31. The van der Waals surface area contributed by atoms with Gasteiger partial charge in [0.1, 0.15) is 0 Å². The summed E-state index contributed by atoms with van der Waals surface area (Å²) in [4.78, 5) is 0. The van der Waals surface area contributed by atoms with Gasteiger partial charge in [-0.2, -0.15) is 0 Å². The normalized spacial score (nSPS) is 40.1. The Bertz CT molecular complexity index is 484. The number of rotatable bonds is 1. The lowest BCUT2D eigenvalue weighted by Crippen LogP contribution is -2.08. The second-order valence-electron chi connectivity index (χ2n) is 5.87. The van der Waals surface area contributed by atoms with Crippen LogP contribution < -0.4 is 0 Å². The van der Waals surface area contributed by atoms with Crippen LogP contribution >= 0.6 is 0 Å². The minimum Gasteiger partial charge on any atom is -0.0876 e. The van der Waals surface area contributed by atoms with E-state index in [0.29, 0.717) is 10.8 Å². The Balaban J connectivity index is 1.77. The van der Waals surface area contributed by atoms with Crippen molar-refractivity contribution in [3.63, 3.8) is 0 Å². The van der Waals surface area contributed by atoms with E-state index in [1.165, 1.54) is 37.7 Å². The minimum absolute atomic E-state index is 0.581.